The number of hydrogen-bond acceptors (Lipinski definition) is 6. The fourth-order valence-corrected chi connectivity index (χ4v) is 3.03. The summed E-state index contributed by atoms with van der Waals surface area (Å²) in [6, 6.07) is 7.23. The second-order valence-electron chi connectivity index (χ2n) is 4.66. The Bertz CT molecular complexity index is 834. The third-order valence-electron chi connectivity index (χ3n) is 3.10. The molecule has 1 heterocycles. The molecule has 0 unspecified atom stereocenters. The van der Waals surface area contributed by atoms with Crippen LogP contribution in [0.2, 0.25) is 0 Å². The fraction of sp³-hybridized carbons (Fsp3) is 0.200. The number of benzene rings is 1. The van der Waals surface area contributed by atoms with E-state index in [1.165, 1.54) is 44.7 Å². The molecule has 0 amide bonds. The Labute approximate surface area is 134 Å². The van der Waals surface area contributed by atoms with Gasteiger partial charge in [0.2, 0.25) is 0 Å². The van der Waals surface area contributed by atoms with Gasteiger partial charge in [0.1, 0.15) is 11.6 Å². The highest BCUT2D eigenvalue weighted by Gasteiger charge is 2.17. The molecule has 1 N–H and O–H groups in total. The lowest BCUT2D eigenvalue weighted by Gasteiger charge is -2.10. The monoisotopic (exact) mass is 336 g/mol. The highest BCUT2D eigenvalue weighted by Crippen LogP contribution is 2.23. The van der Waals surface area contributed by atoms with E-state index in [0.717, 1.165) is 0 Å². The minimum Gasteiger partial charge on any atom is -0.496 e. The van der Waals surface area contributed by atoms with Crippen molar-refractivity contribution in [1.82, 2.24) is 4.98 Å². The summed E-state index contributed by atoms with van der Waals surface area (Å²) in [5, 5.41) is 0. The Morgan fingerprint density at radius 1 is 1.17 bits per heavy atom. The van der Waals surface area contributed by atoms with Crippen LogP contribution in [0.1, 0.15) is 15.9 Å². The second kappa shape index (κ2) is 6.66. The van der Waals surface area contributed by atoms with Gasteiger partial charge in [0.05, 0.1) is 24.7 Å². The van der Waals surface area contributed by atoms with Crippen molar-refractivity contribution in [1.29, 1.82) is 0 Å². The number of hydrogen-bond donors (Lipinski definition) is 1. The molecule has 0 saturated carbocycles. The van der Waals surface area contributed by atoms with Crippen molar-refractivity contribution < 1.29 is 22.7 Å². The van der Waals surface area contributed by atoms with Crippen LogP contribution in [0.3, 0.4) is 0 Å². The smallest absolute Gasteiger partial charge is 0.338 e. The number of ether oxygens (including phenoxy) is 2. The molecule has 0 bridgehead atoms. The molecule has 7 nitrogen and oxygen atoms in total. The van der Waals surface area contributed by atoms with Gasteiger partial charge >= 0.3 is 5.97 Å². The first-order valence-corrected chi connectivity index (χ1v) is 8.07. The Kier molecular flexibility index (Phi) is 4.85. The maximum Gasteiger partial charge on any atom is 0.338 e. The van der Waals surface area contributed by atoms with Crippen molar-refractivity contribution >= 4 is 21.8 Å². The predicted molar refractivity (Wildman–Crippen MR) is 84.1 cm³/mol. The van der Waals surface area contributed by atoms with Gasteiger partial charge < -0.3 is 9.47 Å². The van der Waals surface area contributed by atoms with E-state index in [2.05, 4.69) is 14.4 Å². The Morgan fingerprint density at radius 3 is 2.52 bits per heavy atom. The summed E-state index contributed by atoms with van der Waals surface area (Å²) >= 11 is 0. The zero-order chi connectivity index (χ0) is 17.0. The van der Waals surface area contributed by atoms with Crippen molar-refractivity contribution in [2.75, 3.05) is 18.9 Å². The zero-order valence-electron chi connectivity index (χ0n) is 12.9. The molecule has 2 rings (SSSR count). The van der Waals surface area contributed by atoms with Crippen molar-refractivity contribution in [3.63, 3.8) is 0 Å². The Balaban J connectivity index is 2.31. The van der Waals surface area contributed by atoms with E-state index in [4.69, 9.17) is 4.74 Å². The van der Waals surface area contributed by atoms with E-state index in [1.807, 2.05) is 0 Å². The van der Waals surface area contributed by atoms with Gasteiger partial charge in [0.15, 0.2) is 0 Å². The number of methoxy groups -OCH3 is 2. The third-order valence-corrected chi connectivity index (χ3v) is 4.45. The highest BCUT2D eigenvalue weighted by atomic mass is 32.2. The van der Waals surface area contributed by atoms with Gasteiger partial charge in [-0.25, -0.2) is 18.2 Å². The summed E-state index contributed by atoms with van der Waals surface area (Å²) < 4.78 is 36.8. The van der Waals surface area contributed by atoms with Crippen LogP contribution in [0.25, 0.3) is 0 Å². The molecule has 23 heavy (non-hydrogen) atoms. The van der Waals surface area contributed by atoms with Crippen LogP contribution in [-0.2, 0) is 14.8 Å². The van der Waals surface area contributed by atoms with Crippen molar-refractivity contribution in [2.24, 2.45) is 0 Å². The molecule has 8 heteroatoms. The normalized spacial score (nSPS) is 10.9. The molecule has 0 fully saturated rings. The van der Waals surface area contributed by atoms with Crippen LogP contribution in [0.5, 0.6) is 5.75 Å². The standard InChI is InChI=1S/C15H16N2O5S/c1-10-8-12(4-5-13(10)21-2)23(19,20)17-14-9-11(6-7-16-14)15(18)22-3/h4-9H,1-3H3,(H,16,17). The van der Waals surface area contributed by atoms with Crippen LogP contribution in [0.15, 0.2) is 41.4 Å². The van der Waals surface area contributed by atoms with Crippen LogP contribution < -0.4 is 9.46 Å². The molecule has 2 aromatic rings. The maximum atomic E-state index is 12.4. The number of sulfonamides is 1. The van der Waals surface area contributed by atoms with Crippen LogP contribution in [-0.4, -0.2) is 33.6 Å². The number of aromatic nitrogens is 1. The summed E-state index contributed by atoms with van der Waals surface area (Å²) in [6.45, 7) is 1.74. The number of rotatable bonds is 5. The van der Waals surface area contributed by atoms with Gasteiger partial charge in [0, 0.05) is 6.20 Å². The minimum absolute atomic E-state index is 0.0290. The number of esters is 1. The fourth-order valence-electron chi connectivity index (χ4n) is 1.95. The summed E-state index contributed by atoms with van der Waals surface area (Å²) in [5.74, 6) is 0.0456. The third kappa shape index (κ3) is 3.78. The topological polar surface area (TPSA) is 94.6 Å². The number of aryl methyl sites for hydroxylation is 1. The van der Waals surface area contributed by atoms with Gasteiger partial charge in [-0.3, -0.25) is 4.72 Å². The minimum atomic E-state index is -3.83. The van der Waals surface area contributed by atoms with Gasteiger partial charge in [0.25, 0.3) is 10.0 Å². The average Bonchev–Trinajstić information content (AvgIpc) is 2.53. The molecule has 1 aromatic heterocycles. The Morgan fingerprint density at radius 2 is 1.91 bits per heavy atom. The molecule has 1 aromatic carbocycles. The zero-order valence-corrected chi connectivity index (χ0v) is 13.7. The number of pyridine rings is 1. The lowest BCUT2D eigenvalue weighted by atomic mass is 10.2. The molecule has 0 aliphatic carbocycles. The van der Waals surface area contributed by atoms with Gasteiger partial charge in [-0.1, -0.05) is 0 Å². The number of anilines is 1. The van der Waals surface area contributed by atoms with E-state index in [0.29, 0.717) is 11.3 Å². The van der Waals surface area contributed by atoms with Crippen molar-refractivity contribution in [3.8, 4) is 5.75 Å². The van der Waals surface area contributed by atoms with Crippen molar-refractivity contribution in [2.45, 2.75) is 11.8 Å². The lowest BCUT2D eigenvalue weighted by molar-refractivity contribution is 0.0600. The quantitative estimate of drug-likeness (QED) is 0.839. The molecule has 0 aliphatic heterocycles. The number of carbonyl (C=O) groups is 1. The van der Waals surface area contributed by atoms with E-state index in [1.54, 1.807) is 13.0 Å². The van der Waals surface area contributed by atoms with E-state index >= 15 is 0 Å². The number of nitrogens with zero attached hydrogens (tertiary/aromatic N) is 1. The molecule has 0 radical (unpaired) electrons. The summed E-state index contributed by atoms with van der Waals surface area (Å²) in [4.78, 5) is 15.4. The second-order valence-corrected chi connectivity index (χ2v) is 6.34. The van der Waals surface area contributed by atoms with E-state index in [9.17, 15) is 13.2 Å². The van der Waals surface area contributed by atoms with Gasteiger partial charge in [-0.15, -0.1) is 0 Å². The summed E-state index contributed by atoms with van der Waals surface area (Å²) in [7, 11) is -1.08. The van der Waals surface area contributed by atoms with Crippen LogP contribution in [0.4, 0.5) is 5.82 Å². The molecular weight excluding hydrogens is 320 g/mol. The van der Waals surface area contributed by atoms with Crippen LogP contribution in [0, 0.1) is 6.92 Å². The molecule has 0 aliphatic rings. The first kappa shape index (κ1) is 16.8. The summed E-state index contributed by atoms with van der Waals surface area (Å²) in [5.41, 5.74) is 0.887. The maximum absolute atomic E-state index is 12.4. The molecule has 122 valence electrons. The molecule has 0 atom stereocenters. The SMILES string of the molecule is COC(=O)c1ccnc(NS(=O)(=O)c2ccc(OC)c(C)c2)c1. The molecular formula is C15H16N2O5S. The van der Waals surface area contributed by atoms with E-state index in [-0.39, 0.29) is 16.3 Å². The average molecular weight is 336 g/mol. The summed E-state index contributed by atoms with van der Waals surface area (Å²) in [6.07, 6.45) is 1.32. The molecule has 0 spiro atoms. The largest absolute Gasteiger partial charge is 0.496 e. The first-order chi connectivity index (χ1) is 10.9. The van der Waals surface area contributed by atoms with Gasteiger partial charge in [-0.05, 0) is 42.8 Å². The van der Waals surface area contributed by atoms with E-state index < -0.39 is 16.0 Å². The highest BCUT2D eigenvalue weighted by molar-refractivity contribution is 7.92. The van der Waals surface area contributed by atoms with Crippen LogP contribution >= 0.6 is 0 Å². The number of carbonyl (C=O) groups excluding carboxylic acids is 1. The first-order valence-electron chi connectivity index (χ1n) is 6.59. The number of nitrogens with one attached hydrogen (secondary N) is 1. The predicted octanol–water partition coefficient (Wildman–Crippen LogP) is 1.99. The lowest BCUT2D eigenvalue weighted by Crippen LogP contribution is -2.15. The van der Waals surface area contributed by atoms with Gasteiger partial charge in [-0.2, -0.15) is 0 Å². The Hall–Kier alpha value is -2.61. The van der Waals surface area contributed by atoms with Crippen molar-refractivity contribution in [3.05, 3.63) is 47.7 Å². The molecule has 0 saturated heterocycles.